The molecule has 92 valence electrons. The van der Waals surface area contributed by atoms with Crippen LogP contribution in [0.1, 0.15) is 26.2 Å². The summed E-state index contributed by atoms with van der Waals surface area (Å²) in [6.07, 6.45) is 3.44. The normalized spacial score (nSPS) is 20.1. The highest BCUT2D eigenvalue weighted by atomic mass is 79.9. The second kappa shape index (κ2) is 5.54. The van der Waals surface area contributed by atoms with Crippen LogP contribution in [-0.2, 0) is 0 Å². The first-order valence-corrected chi connectivity index (χ1v) is 6.79. The van der Waals surface area contributed by atoms with E-state index in [1.807, 2.05) is 29.2 Å². The van der Waals surface area contributed by atoms with Gasteiger partial charge in [-0.15, -0.1) is 0 Å². The van der Waals surface area contributed by atoms with Crippen LogP contribution in [0.2, 0.25) is 0 Å². The number of hydrogen-bond donors (Lipinski definition) is 1. The molecule has 1 aliphatic rings. The van der Waals surface area contributed by atoms with E-state index in [9.17, 15) is 4.79 Å². The molecule has 0 bridgehead atoms. The fraction of sp³-hybridized carbons (Fsp3) is 0.462. The van der Waals surface area contributed by atoms with Gasteiger partial charge in [-0.05, 0) is 50.5 Å². The van der Waals surface area contributed by atoms with Crippen molar-refractivity contribution in [3.63, 3.8) is 0 Å². The molecule has 1 atom stereocenters. The van der Waals surface area contributed by atoms with Crippen LogP contribution in [0.3, 0.4) is 0 Å². The SMILES string of the molecule is C[C@H]1CCCCN1C(=O)Nc1ccc(Br)cc1. The third-order valence-electron chi connectivity index (χ3n) is 3.16. The summed E-state index contributed by atoms with van der Waals surface area (Å²) in [5.74, 6) is 0. The van der Waals surface area contributed by atoms with Crippen molar-refractivity contribution in [1.29, 1.82) is 0 Å². The molecule has 2 rings (SSSR count). The molecule has 0 radical (unpaired) electrons. The van der Waals surface area contributed by atoms with Crippen LogP contribution in [0.15, 0.2) is 28.7 Å². The fourth-order valence-electron chi connectivity index (χ4n) is 2.13. The summed E-state index contributed by atoms with van der Waals surface area (Å²) in [7, 11) is 0. The minimum atomic E-state index is 0.0134. The molecule has 4 heteroatoms. The Hall–Kier alpha value is -1.03. The Morgan fingerprint density at radius 1 is 1.35 bits per heavy atom. The van der Waals surface area contributed by atoms with E-state index in [-0.39, 0.29) is 6.03 Å². The first-order valence-electron chi connectivity index (χ1n) is 6.00. The van der Waals surface area contributed by atoms with Crippen LogP contribution in [0.25, 0.3) is 0 Å². The summed E-state index contributed by atoms with van der Waals surface area (Å²) in [6, 6.07) is 8.01. The molecule has 2 amide bonds. The Morgan fingerprint density at radius 3 is 2.71 bits per heavy atom. The van der Waals surface area contributed by atoms with Gasteiger partial charge in [0.15, 0.2) is 0 Å². The highest BCUT2D eigenvalue weighted by Gasteiger charge is 2.22. The average Bonchev–Trinajstić information content (AvgIpc) is 2.32. The number of urea groups is 1. The molecule has 3 nitrogen and oxygen atoms in total. The monoisotopic (exact) mass is 296 g/mol. The molecule has 0 unspecified atom stereocenters. The molecule has 1 aromatic carbocycles. The summed E-state index contributed by atoms with van der Waals surface area (Å²) in [5.41, 5.74) is 0.843. The number of rotatable bonds is 1. The number of carbonyl (C=O) groups excluding carboxylic acids is 1. The lowest BCUT2D eigenvalue weighted by atomic mass is 10.0. The number of hydrogen-bond acceptors (Lipinski definition) is 1. The van der Waals surface area contributed by atoms with Gasteiger partial charge in [-0.3, -0.25) is 0 Å². The van der Waals surface area contributed by atoms with E-state index in [1.54, 1.807) is 0 Å². The summed E-state index contributed by atoms with van der Waals surface area (Å²) in [5, 5.41) is 2.94. The first kappa shape index (κ1) is 12.4. The van der Waals surface area contributed by atoms with E-state index in [0.717, 1.165) is 29.5 Å². The molecule has 1 aliphatic heterocycles. The number of nitrogens with zero attached hydrogens (tertiary/aromatic N) is 1. The Balaban J connectivity index is 1.98. The Morgan fingerprint density at radius 2 is 2.06 bits per heavy atom. The summed E-state index contributed by atoms with van der Waals surface area (Å²) in [4.78, 5) is 14.0. The van der Waals surface area contributed by atoms with E-state index < -0.39 is 0 Å². The van der Waals surface area contributed by atoms with Crippen molar-refractivity contribution >= 4 is 27.6 Å². The zero-order valence-electron chi connectivity index (χ0n) is 9.95. The van der Waals surface area contributed by atoms with Gasteiger partial charge in [-0.2, -0.15) is 0 Å². The molecule has 1 aromatic rings. The molecule has 17 heavy (non-hydrogen) atoms. The largest absolute Gasteiger partial charge is 0.322 e. The van der Waals surface area contributed by atoms with Gasteiger partial charge < -0.3 is 10.2 Å². The topological polar surface area (TPSA) is 32.3 Å². The van der Waals surface area contributed by atoms with E-state index >= 15 is 0 Å². The Labute approximate surface area is 110 Å². The number of piperidine rings is 1. The standard InChI is InChI=1S/C13H17BrN2O/c1-10-4-2-3-9-16(10)13(17)15-12-7-5-11(14)6-8-12/h5-8,10H,2-4,9H2,1H3,(H,15,17)/t10-/m0/s1. The molecule has 0 aliphatic carbocycles. The van der Waals surface area contributed by atoms with Crippen LogP contribution in [-0.4, -0.2) is 23.5 Å². The van der Waals surface area contributed by atoms with Crippen molar-refractivity contribution in [2.45, 2.75) is 32.2 Å². The van der Waals surface area contributed by atoms with Gasteiger partial charge in [0, 0.05) is 22.7 Å². The third kappa shape index (κ3) is 3.22. The van der Waals surface area contributed by atoms with Crippen LogP contribution >= 0.6 is 15.9 Å². The predicted molar refractivity (Wildman–Crippen MR) is 73.2 cm³/mol. The van der Waals surface area contributed by atoms with E-state index in [2.05, 4.69) is 28.2 Å². The summed E-state index contributed by atoms with van der Waals surface area (Å²) in [6.45, 7) is 2.98. The highest BCUT2D eigenvalue weighted by molar-refractivity contribution is 9.10. The van der Waals surface area contributed by atoms with Crippen molar-refractivity contribution in [2.75, 3.05) is 11.9 Å². The zero-order valence-corrected chi connectivity index (χ0v) is 11.5. The zero-order chi connectivity index (χ0) is 12.3. The number of benzene rings is 1. The van der Waals surface area contributed by atoms with Crippen LogP contribution < -0.4 is 5.32 Å². The van der Waals surface area contributed by atoms with Crippen molar-refractivity contribution in [3.8, 4) is 0 Å². The average molecular weight is 297 g/mol. The maximum Gasteiger partial charge on any atom is 0.322 e. The van der Waals surface area contributed by atoms with Crippen LogP contribution in [0, 0.1) is 0 Å². The van der Waals surface area contributed by atoms with Crippen molar-refractivity contribution in [1.82, 2.24) is 4.90 Å². The van der Waals surface area contributed by atoms with Gasteiger partial charge in [0.05, 0.1) is 0 Å². The van der Waals surface area contributed by atoms with Crippen LogP contribution in [0.5, 0.6) is 0 Å². The molecule has 1 fully saturated rings. The lowest BCUT2D eigenvalue weighted by molar-refractivity contribution is 0.170. The fourth-order valence-corrected chi connectivity index (χ4v) is 2.39. The van der Waals surface area contributed by atoms with Crippen molar-refractivity contribution in [2.24, 2.45) is 0 Å². The quantitative estimate of drug-likeness (QED) is 0.839. The number of halogens is 1. The number of nitrogens with one attached hydrogen (secondary N) is 1. The first-order chi connectivity index (χ1) is 8.16. The smallest absolute Gasteiger partial charge is 0.322 e. The maximum absolute atomic E-state index is 12.1. The summed E-state index contributed by atoms with van der Waals surface area (Å²) < 4.78 is 1.02. The summed E-state index contributed by atoms with van der Waals surface area (Å²) >= 11 is 3.37. The van der Waals surface area contributed by atoms with Gasteiger partial charge in [0.25, 0.3) is 0 Å². The van der Waals surface area contributed by atoms with Gasteiger partial charge in [-0.25, -0.2) is 4.79 Å². The van der Waals surface area contributed by atoms with E-state index in [0.29, 0.717) is 6.04 Å². The lowest BCUT2D eigenvalue weighted by Crippen LogP contribution is -2.44. The highest BCUT2D eigenvalue weighted by Crippen LogP contribution is 2.19. The molecule has 1 saturated heterocycles. The lowest BCUT2D eigenvalue weighted by Gasteiger charge is -2.33. The van der Waals surface area contributed by atoms with Gasteiger partial charge in [0.1, 0.15) is 0 Å². The molecular formula is C13H17BrN2O. The van der Waals surface area contributed by atoms with Crippen molar-refractivity contribution in [3.05, 3.63) is 28.7 Å². The number of anilines is 1. The minimum Gasteiger partial charge on any atom is -0.322 e. The number of amides is 2. The maximum atomic E-state index is 12.1. The second-order valence-electron chi connectivity index (χ2n) is 4.48. The number of likely N-dealkylation sites (tertiary alicyclic amines) is 1. The molecular weight excluding hydrogens is 280 g/mol. The molecule has 0 spiro atoms. The van der Waals surface area contributed by atoms with Crippen LogP contribution in [0.4, 0.5) is 10.5 Å². The number of carbonyl (C=O) groups is 1. The molecule has 0 saturated carbocycles. The Bertz CT molecular complexity index is 391. The molecule has 1 heterocycles. The Kier molecular flexibility index (Phi) is 4.05. The second-order valence-corrected chi connectivity index (χ2v) is 5.39. The minimum absolute atomic E-state index is 0.0134. The van der Waals surface area contributed by atoms with E-state index in [4.69, 9.17) is 0 Å². The molecule has 0 aromatic heterocycles. The third-order valence-corrected chi connectivity index (χ3v) is 3.69. The predicted octanol–water partition coefficient (Wildman–Crippen LogP) is 3.86. The van der Waals surface area contributed by atoms with Gasteiger partial charge in [-0.1, -0.05) is 15.9 Å². The van der Waals surface area contributed by atoms with Gasteiger partial charge in [0.2, 0.25) is 0 Å². The van der Waals surface area contributed by atoms with Crippen molar-refractivity contribution < 1.29 is 4.79 Å². The van der Waals surface area contributed by atoms with E-state index in [1.165, 1.54) is 6.42 Å². The molecule has 1 N–H and O–H groups in total. The van der Waals surface area contributed by atoms with Gasteiger partial charge >= 0.3 is 6.03 Å².